The first-order chi connectivity index (χ1) is 9.93. The fourth-order valence-electron chi connectivity index (χ4n) is 1.87. The highest BCUT2D eigenvalue weighted by atomic mass is 19.1. The van der Waals surface area contributed by atoms with E-state index in [2.05, 4.69) is 6.58 Å². The molecule has 0 heterocycles. The van der Waals surface area contributed by atoms with Crippen LogP contribution in [-0.2, 0) is 16.0 Å². The smallest absolute Gasteiger partial charge is 0.310 e. The number of allylic oxidation sites excluding steroid dienone is 1. The number of halogens is 1. The lowest BCUT2D eigenvalue weighted by molar-refractivity contribution is -0.141. The van der Waals surface area contributed by atoms with E-state index in [1.807, 2.05) is 0 Å². The average Bonchev–Trinajstić information content (AvgIpc) is 2.41. The minimum Gasteiger partial charge on any atom is -0.481 e. The maximum Gasteiger partial charge on any atom is 0.310 e. The summed E-state index contributed by atoms with van der Waals surface area (Å²) in [6, 6.07) is 5.68. The number of aliphatic carboxylic acids is 2. The number of carboxylic acids is 2. The van der Waals surface area contributed by atoms with Crippen molar-refractivity contribution in [1.82, 2.24) is 0 Å². The average molecular weight is 292 g/mol. The Morgan fingerprint density at radius 3 is 2.33 bits per heavy atom. The van der Waals surface area contributed by atoms with Crippen LogP contribution in [0, 0.1) is 17.7 Å². The molecule has 0 bridgehead atoms. The molecule has 0 aliphatic heterocycles. The van der Waals surface area contributed by atoms with Gasteiger partial charge in [0.05, 0.1) is 11.8 Å². The molecule has 0 saturated heterocycles. The second-order valence-corrected chi connectivity index (χ2v) is 4.63. The summed E-state index contributed by atoms with van der Waals surface area (Å²) in [4.78, 5) is 22.2. The summed E-state index contributed by atoms with van der Waals surface area (Å²) in [7, 11) is 0. The Kier molecular flexibility index (Phi) is 6.33. The zero-order chi connectivity index (χ0) is 15.8. The van der Waals surface area contributed by atoms with E-state index >= 15 is 0 Å². The van der Waals surface area contributed by atoms with E-state index in [0.717, 1.165) is 0 Å². The second kappa shape index (κ2) is 7.99. The molecule has 0 spiro atoms. The molecule has 0 aromatic heterocycles. The lowest BCUT2D eigenvalue weighted by Gasteiger charge is -2.09. The molecule has 2 atom stereocenters. The van der Waals surface area contributed by atoms with Gasteiger partial charge >= 0.3 is 11.9 Å². The molecule has 0 fully saturated rings. The van der Waals surface area contributed by atoms with Gasteiger partial charge in [-0.3, -0.25) is 9.59 Å². The van der Waals surface area contributed by atoms with Crippen LogP contribution in [0.1, 0.15) is 12.0 Å². The van der Waals surface area contributed by atoms with Gasteiger partial charge in [-0.15, -0.1) is 6.58 Å². The number of carbonyl (C=O) groups is 2. The van der Waals surface area contributed by atoms with E-state index in [9.17, 15) is 19.1 Å². The third kappa shape index (κ3) is 5.60. The van der Waals surface area contributed by atoms with Crippen LogP contribution in [0.15, 0.2) is 49.1 Å². The molecule has 0 radical (unpaired) electrons. The third-order valence-electron chi connectivity index (χ3n) is 2.98. The molecule has 112 valence electrons. The Bertz CT molecular complexity index is 551. The van der Waals surface area contributed by atoms with Crippen molar-refractivity contribution in [2.24, 2.45) is 11.8 Å². The molecule has 1 aromatic carbocycles. The molecule has 0 amide bonds. The molecule has 0 aliphatic rings. The highest BCUT2D eigenvalue weighted by Gasteiger charge is 2.18. The molecular weight excluding hydrogens is 275 g/mol. The predicted octanol–water partition coefficient (Wildman–Crippen LogP) is 2.90. The molecule has 21 heavy (non-hydrogen) atoms. The zero-order valence-corrected chi connectivity index (χ0v) is 11.4. The van der Waals surface area contributed by atoms with Crippen molar-refractivity contribution in [1.29, 1.82) is 0 Å². The maximum atomic E-state index is 13.1. The highest BCUT2D eigenvalue weighted by molar-refractivity contribution is 5.74. The van der Waals surface area contributed by atoms with Crippen molar-refractivity contribution in [2.45, 2.75) is 12.8 Å². The van der Waals surface area contributed by atoms with Gasteiger partial charge in [0.15, 0.2) is 0 Å². The van der Waals surface area contributed by atoms with Crippen LogP contribution in [0.25, 0.3) is 0 Å². The Hall–Kier alpha value is -2.43. The first-order valence-corrected chi connectivity index (χ1v) is 6.43. The second-order valence-electron chi connectivity index (χ2n) is 4.63. The topological polar surface area (TPSA) is 74.6 Å². The fraction of sp³-hybridized carbons (Fsp3) is 0.250. The summed E-state index contributed by atoms with van der Waals surface area (Å²) >= 11 is 0. The molecule has 1 rings (SSSR count). The number of carboxylic acid groups (broad SMARTS) is 2. The van der Waals surface area contributed by atoms with Gasteiger partial charge in [0.25, 0.3) is 0 Å². The van der Waals surface area contributed by atoms with Gasteiger partial charge in [-0.2, -0.15) is 0 Å². The predicted molar refractivity (Wildman–Crippen MR) is 76.3 cm³/mol. The molecular formula is C16H17FO4. The van der Waals surface area contributed by atoms with Crippen LogP contribution in [-0.4, -0.2) is 22.2 Å². The summed E-state index contributed by atoms with van der Waals surface area (Å²) in [6.45, 7) is 3.47. The summed E-state index contributed by atoms with van der Waals surface area (Å²) in [6.07, 6.45) is 4.48. The third-order valence-corrected chi connectivity index (χ3v) is 2.98. The van der Waals surface area contributed by atoms with E-state index in [-0.39, 0.29) is 12.8 Å². The number of hydrogen-bond acceptors (Lipinski definition) is 2. The van der Waals surface area contributed by atoms with Crippen LogP contribution in [0.5, 0.6) is 0 Å². The Morgan fingerprint density at radius 1 is 1.19 bits per heavy atom. The first kappa shape index (κ1) is 16.6. The Balaban J connectivity index is 2.84. The lowest BCUT2D eigenvalue weighted by atomic mass is 9.96. The minimum absolute atomic E-state index is 0.101. The van der Waals surface area contributed by atoms with E-state index in [1.54, 1.807) is 6.07 Å². The van der Waals surface area contributed by atoms with Crippen molar-refractivity contribution in [2.75, 3.05) is 0 Å². The highest BCUT2D eigenvalue weighted by Crippen LogP contribution is 2.15. The SMILES string of the molecule is C=CC[C@@H](/C=C/[C@H](Cc1cccc(F)c1)C(=O)O)C(=O)O. The molecule has 0 unspecified atom stereocenters. The molecule has 4 nitrogen and oxygen atoms in total. The Morgan fingerprint density at radius 2 is 1.81 bits per heavy atom. The van der Waals surface area contributed by atoms with Gasteiger partial charge in [0, 0.05) is 0 Å². The Labute approximate surface area is 122 Å². The van der Waals surface area contributed by atoms with E-state index in [1.165, 1.54) is 36.4 Å². The van der Waals surface area contributed by atoms with E-state index in [4.69, 9.17) is 5.11 Å². The number of rotatable bonds is 8. The van der Waals surface area contributed by atoms with Crippen molar-refractivity contribution in [3.05, 3.63) is 60.5 Å². The molecule has 2 N–H and O–H groups in total. The van der Waals surface area contributed by atoms with Crippen molar-refractivity contribution in [3.63, 3.8) is 0 Å². The monoisotopic (exact) mass is 292 g/mol. The van der Waals surface area contributed by atoms with Crippen LogP contribution in [0.3, 0.4) is 0 Å². The van der Waals surface area contributed by atoms with Crippen LogP contribution >= 0.6 is 0 Å². The summed E-state index contributed by atoms with van der Waals surface area (Å²) in [5, 5.41) is 18.2. The largest absolute Gasteiger partial charge is 0.481 e. The van der Waals surface area contributed by atoms with Crippen LogP contribution in [0.2, 0.25) is 0 Å². The maximum absolute atomic E-state index is 13.1. The summed E-state index contributed by atoms with van der Waals surface area (Å²) in [5.74, 6) is -4.27. The normalized spacial score (nSPS) is 13.8. The van der Waals surface area contributed by atoms with Gasteiger partial charge in [-0.05, 0) is 30.5 Å². The summed E-state index contributed by atoms with van der Waals surface area (Å²) in [5.41, 5.74) is 0.544. The zero-order valence-electron chi connectivity index (χ0n) is 11.4. The molecule has 0 aliphatic carbocycles. The number of benzene rings is 1. The van der Waals surface area contributed by atoms with E-state index in [0.29, 0.717) is 5.56 Å². The minimum atomic E-state index is -1.08. The quantitative estimate of drug-likeness (QED) is 0.722. The van der Waals surface area contributed by atoms with Crippen LogP contribution < -0.4 is 0 Å². The van der Waals surface area contributed by atoms with Gasteiger partial charge in [-0.25, -0.2) is 4.39 Å². The molecule has 0 saturated carbocycles. The number of hydrogen-bond donors (Lipinski definition) is 2. The summed E-state index contributed by atoms with van der Waals surface area (Å²) < 4.78 is 13.1. The van der Waals surface area contributed by atoms with Gasteiger partial charge in [0.2, 0.25) is 0 Å². The van der Waals surface area contributed by atoms with Crippen molar-refractivity contribution >= 4 is 11.9 Å². The van der Waals surface area contributed by atoms with E-state index < -0.39 is 29.6 Å². The fourth-order valence-corrected chi connectivity index (χ4v) is 1.87. The van der Waals surface area contributed by atoms with Crippen LogP contribution in [0.4, 0.5) is 4.39 Å². The van der Waals surface area contributed by atoms with Gasteiger partial charge < -0.3 is 10.2 Å². The first-order valence-electron chi connectivity index (χ1n) is 6.43. The van der Waals surface area contributed by atoms with Crippen molar-refractivity contribution < 1.29 is 24.2 Å². The lowest BCUT2D eigenvalue weighted by Crippen LogP contribution is -2.16. The van der Waals surface area contributed by atoms with Crippen molar-refractivity contribution in [3.8, 4) is 0 Å². The van der Waals surface area contributed by atoms with Gasteiger partial charge in [0.1, 0.15) is 5.82 Å². The molecule has 5 heteroatoms. The standard InChI is InChI=1S/C16H17FO4/c1-2-4-12(15(18)19)7-8-13(16(20)21)9-11-5-3-6-14(17)10-11/h2-3,5-8,10,12-13H,1,4,9H2,(H,18,19)(H,20,21)/b8-7+/t12-,13+/m0/s1. The molecule has 1 aromatic rings. The van der Waals surface area contributed by atoms with Gasteiger partial charge in [-0.1, -0.05) is 30.4 Å².